The molecule has 0 saturated heterocycles. The van der Waals surface area contributed by atoms with Crippen molar-refractivity contribution >= 4 is 5.97 Å². The second-order valence-electron chi connectivity index (χ2n) is 6.93. The Kier molecular flexibility index (Phi) is 4.67. The van der Waals surface area contributed by atoms with Gasteiger partial charge in [0, 0.05) is 12.6 Å². The summed E-state index contributed by atoms with van der Waals surface area (Å²) in [5, 5.41) is 8.98. The first-order valence-corrected chi connectivity index (χ1v) is 7.50. The number of hydrogen-bond acceptors (Lipinski definition) is 2. The zero-order valence-electron chi connectivity index (χ0n) is 13.0. The van der Waals surface area contributed by atoms with Crippen LogP contribution < -0.4 is 0 Å². The van der Waals surface area contributed by atoms with Crippen LogP contribution >= 0.6 is 0 Å². The van der Waals surface area contributed by atoms with Crippen molar-refractivity contribution in [1.29, 1.82) is 0 Å². The third kappa shape index (κ3) is 4.03. The van der Waals surface area contributed by atoms with E-state index >= 15 is 0 Å². The first-order valence-electron chi connectivity index (χ1n) is 7.50. The summed E-state index contributed by atoms with van der Waals surface area (Å²) in [6.07, 6.45) is 4.75. The van der Waals surface area contributed by atoms with Crippen molar-refractivity contribution < 1.29 is 14.3 Å². The van der Waals surface area contributed by atoms with Gasteiger partial charge in [0.1, 0.15) is 5.82 Å². The Morgan fingerprint density at radius 1 is 1.38 bits per heavy atom. The van der Waals surface area contributed by atoms with Crippen molar-refractivity contribution in [1.82, 2.24) is 4.90 Å². The van der Waals surface area contributed by atoms with E-state index in [1.807, 2.05) is 0 Å². The summed E-state index contributed by atoms with van der Waals surface area (Å²) in [7, 11) is 2.06. The lowest BCUT2D eigenvalue weighted by Gasteiger charge is -2.38. The summed E-state index contributed by atoms with van der Waals surface area (Å²) < 4.78 is 13.4. The lowest BCUT2D eigenvalue weighted by Crippen LogP contribution is -2.36. The zero-order chi connectivity index (χ0) is 15.6. The molecule has 1 aromatic rings. The van der Waals surface area contributed by atoms with Gasteiger partial charge in [0.15, 0.2) is 0 Å². The van der Waals surface area contributed by atoms with Crippen LogP contribution in [0.4, 0.5) is 4.39 Å². The molecule has 1 aliphatic carbocycles. The highest BCUT2D eigenvalue weighted by Gasteiger charge is 2.28. The molecule has 1 aliphatic rings. The summed E-state index contributed by atoms with van der Waals surface area (Å²) in [5.74, 6) is -1.88. The quantitative estimate of drug-likeness (QED) is 0.914. The minimum absolute atomic E-state index is 0.245. The van der Waals surface area contributed by atoms with Crippen molar-refractivity contribution in [3.8, 4) is 0 Å². The summed E-state index contributed by atoms with van der Waals surface area (Å²) in [6.45, 7) is 5.27. The van der Waals surface area contributed by atoms with Gasteiger partial charge in [-0.3, -0.25) is 4.90 Å². The van der Waals surface area contributed by atoms with Gasteiger partial charge in [0.25, 0.3) is 0 Å². The number of nitrogens with zero attached hydrogens (tertiary/aromatic N) is 1. The van der Waals surface area contributed by atoms with E-state index in [1.54, 1.807) is 6.07 Å². The van der Waals surface area contributed by atoms with Gasteiger partial charge in [-0.25, -0.2) is 9.18 Å². The summed E-state index contributed by atoms with van der Waals surface area (Å²) in [4.78, 5) is 13.2. The number of benzene rings is 1. The number of aromatic carboxylic acids is 1. The zero-order valence-corrected chi connectivity index (χ0v) is 13.0. The monoisotopic (exact) mass is 293 g/mol. The van der Waals surface area contributed by atoms with Crippen LogP contribution in [0, 0.1) is 11.2 Å². The van der Waals surface area contributed by atoms with Crippen LogP contribution in [0.3, 0.4) is 0 Å². The second-order valence-corrected chi connectivity index (χ2v) is 6.93. The van der Waals surface area contributed by atoms with Gasteiger partial charge in [0.05, 0.1) is 5.56 Å². The molecule has 1 N–H and O–H groups in total. The van der Waals surface area contributed by atoms with Crippen molar-refractivity contribution in [3.05, 3.63) is 35.1 Å². The Morgan fingerprint density at radius 3 is 2.57 bits per heavy atom. The standard InChI is InChI=1S/C17H24FNO2/c1-17(2)8-6-13(7-9-17)19(3)11-12-4-5-15(18)14(10-12)16(20)21/h4-5,10,13H,6-9,11H2,1-3H3,(H,20,21). The molecular weight excluding hydrogens is 269 g/mol. The van der Waals surface area contributed by atoms with Gasteiger partial charge < -0.3 is 5.11 Å². The number of rotatable bonds is 4. The highest BCUT2D eigenvalue weighted by Crippen LogP contribution is 2.36. The fourth-order valence-electron chi connectivity index (χ4n) is 3.08. The van der Waals surface area contributed by atoms with Crippen LogP contribution in [-0.2, 0) is 6.54 Å². The molecule has 1 aromatic carbocycles. The molecular formula is C17H24FNO2. The molecule has 0 atom stereocenters. The van der Waals surface area contributed by atoms with Crippen LogP contribution in [-0.4, -0.2) is 29.1 Å². The lowest BCUT2D eigenvalue weighted by molar-refractivity contribution is 0.0691. The molecule has 0 amide bonds. The molecule has 1 fully saturated rings. The minimum atomic E-state index is -1.21. The minimum Gasteiger partial charge on any atom is -0.478 e. The van der Waals surface area contributed by atoms with Crippen molar-refractivity contribution in [2.45, 2.75) is 52.1 Å². The van der Waals surface area contributed by atoms with Crippen molar-refractivity contribution in [2.24, 2.45) is 5.41 Å². The normalized spacial score (nSPS) is 18.9. The number of halogens is 1. The first-order chi connectivity index (χ1) is 9.78. The van der Waals surface area contributed by atoms with Gasteiger partial charge in [-0.1, -0.05) is 19.9 Å². The van der Waals surface area contributed by atoms with E-state index < -0.39 is 11.8 Å². The number of carboxylic acid groups (broad SMARTS) is 1. The molecule has 0 unspecified atom stereocenters. The number of carboxylic acids is 1. The first kappa shape index (κ1) is 16.0. The molecule has 0 heterocycles. The highest BCUT2D eigenvalue weighted by molar-refractivity contribution is 5.88. The van der Waals surface area contributed by atoms with Crippen LogP contribution in [0.1, 0.15) is 55.5 Å². The SMILES string of the molecule is CN(Cc1ccc(F)c(C(=O)O)c1)C1CCC(C)(C)CC1. The van der Waals surface area contributed by atoms with Crippen LogP contribution in [0.2, 0.25) is 0 Å². The molecule has 0 spiro atoms. The van der Waals surface area contributed by atoms with Gasteiger partial charge >= 0.3 is 5.97 Å². The lowest BCUT2D eigenvalue weighted by atomic mass is 9.75. The maximum Gasteiger partial charge on any atom is 0.338 e. The van der Waals surface area contributed by atoms with E-state index in [9.17, 15) is 9.18 Å². The van der Waals surface area contributed by atoms with E-state index in [4.69, 9.17) is 5.11 Å². The second kappa shape index (κ2) is 6.14. The Labute approximate surface area is 125 Å². The van der Waals surface area contributed by atoms with E-state index in [0.29, 0.717) is 18.0 Å². The highest BCUT2D eigenvalue weighted by atomic mass is 19.1. The Morgan fingerprint density at radius 2 is 2.00 bits per heavy atom. The molecule has 0 aromatic heterocycles. The molecule has 0 radical (unpaired) electrons. The van der Waals surface area contributed by atoms with Crippen LogP contribution in [0.25, 0.3) is 0 Å². The molecule has 0 bridgehead atoms. The van der Waals surface area contributed by atoms with Crippen LogP contribution in [0.5, 0.6) is 0 Å². The summed E-state index contributed by atoms with van der Waals surface area (Å²) in [6, 6.07) is 4.89. The van der Waals surface area contributed by atoms with E-state index in [-0.39, 0.29) is 5.56 Å². The predicted molar refractivity (Wildman–Crippen MR) is 80.9 cm³/mol. The molecule has 116 valence electrons. The average molecular weight is 293 g/mol. The van der Waals surface area contributed by atoms with Gasteiger partial charge in [-0.05, 0) is 55.8 Å². The third-order valence-electron chi connectivity index (χ3n) is 4.63. The van der Waals surface area contributed by atoms with Crippen molar-refractivity contribution in [2.75, 3.05) is 7.05 Å². The van der Waals surface area contributed by atoms with Gasteiger partial charge in [-0.15, -0.1) is 0 Å². The van der Waals surface area contributed by atoms with E-state index in [0.717, 1.165) is 18.4 Å². The molecule has 3 nitrogen and oxygen atoms in total. The predicted octanol–water partition coefficient (Wildman–Crippen LogP) is 3.92. The fourth-order valence-corrected chi connectivity index (χ4v) is 3.08. The van der Waals surface area contributed by atoms with Crippen LogP contribution in [0.15, 0.2) is 18.2 Å². The summed E-state index contributed by atoms with van der Waals surface area (Å²) in [5.41, 5.74) is 1.04. The molecule has 0 aliphatic heterocycles. The Hall–Kier alpha value is -1.42. The number of hydrogen-bond donors (Lipinski definition) is 1. The fraction of sp³-hybridized carbons (Fsp3) is 0.588. The van der Waals surface area contributed by atoms with E-state index in [1.165, 1.54) is 25.0 Å². The molecule has 4 heteroatoms. The molecule has 1 saturated carbocycles. The molecule has 21 heavy (non-hydrogen) atoms. The van der Waals surface area contributed by atoms with Gasteiger partial charge in [0.2, 0.25) is 0 Å². The van der Waals surface area contributed by atoms with E-state index in [2.05, 4.69) is 25.8 Å². The number of carbonyl (C=O) groups is 1. The van der Waals surface area contributed by atoms with Gasteiger partial charge in [-0.2, -0.15) is 0 Å². The Balaban J connectivity index is 2.01. The average Bonchev–Trinajstić information content (AvgIpc) is 2.40. The smallest absolute Gasteiger partial charge is 0.338 e. The summed E-state index contributed by atoms with van der Waals surface area (Å²) >= 11 is 0. The molecule has 2 rings (SSSR count). The van der Waals surface area contributed by atoms with Crippen molar-refractivity contribution in [3.63, 3.8) is 0 Å². The maximum atomic E-state index is 13.4. The maximum absolute atomic E-state index is 13.4. The topological polar surface area (TPSA) is 40.5 Å². The largest absolute Gasteiger partial charge is 0.478 e. The Bertz CT molecular complexity index is 518. The third-order valence-corrected chi connectivity index (χ3v) is 4.63.